The summed E-state index contributed by atoms with van der Waals surface area (Å²) in [6, 6.07) is 6.99. The van der Waals surface area contributed by atoms with Crippen LogP contribution in [0.3, 0.4) is 0 Å². The van der Waals surface area contributed by atoms with Gasteiger partial charge in [0.25, 0.3) is 0 Å². The van der Waals surface area contributed by atoms with Gasteiger partial charge in [-0.25, -0.2) is 0 Å². The van der Waals surface area contributed by atoms with Crippen molar-refractivity contribution in [2.75, 3.05) is 26.4 Å². The van der Waals surface area contributed by atoms with Crippen molar-refractivity contribution in [3.8, 4) is 11.5 Å². The molecule has 1 aromatic rings. The lowest BCUT2D eigenvalue weighted by molar-refractivity contribution is 0.232. The third kappa shape index (κ3) is 5.78. The van der Waals surface area contributed by atoms with E-state index in [0.29, 0.717) is 11.5 Å². The van der Waals surface area contributed by atoms with Crippen LogP contribution in [0.4, 0.5) is 0 Å². The number of aliphatic hydroxyl groups excluding tert-OH is 2. The molecule has 102 valence electrons. The molecular weight excluding hydrogens is 279 g/mol. The van der Waals surface area contributed by atoms with Crippen molar-refractivity contribution in [3.05, 3.63) is 24.3 Å². The van der Waals surface area contributed by atoms with Crippen molar-refractivity contribution in [1.82, 2.24) is 0 Å². The Balaban J connectivity index is 2.46. The van der Waals surface area contributed by atoms with E-state index in [4.69, 9.17) is 42.9 Å². The molecule has 0 bridgehead atoms. The first-order valence-corrected chi connectivity index (χ1v) is 6.38. The minimum absolute atomic E-state index is 0.137. The van der Waals surface area contributed by atoms with Crippen LogP contribution in [-0.2, 0) is 0 Å². The number of hydrogen-bond donors (Lipinski definition) is 2. The van der Waals surface area contributed by atoms with Gasteiger partial charge in [-0.2, -0.15) is 0 Å². The zero-order valence-electron chi connectivity index (χ0n) is 9.76. The van der Waals surface area contributed by atoms with E-state index in [-0.39, 0.29) is 26.4 Å². The van der Waals surface area contributed by atoms with E-state index in [2.05, 4.69) is 0 Å². The molecule has 0 saturated heterocycles. The standard InChI is InChI=1S/C12H16Cl2O4/c13-9(5-15)7-17-11-2-1-3-12(4-11)18-8-10(14)6-16/h1-4,9-10,15-16H,5-8H2. The minimum Gasteiger partial charge on any atom is -0.492 e. The molecule has 0 spiro atoms. The SMILES string of the molecule is OCC(Cl)COc1cccc(OCC(Cl)CO)c1. The smallest absolute Gasteiger partial charge is 0.123 e. The predicted molar refractivity (Wildman–Crippen MR) is 70.9 cm³/mol. The lowest BCUT2D eigenvalue weighted by Gasteiger charge is -2.12. The summed E-state index contributed by atoms with van der Waals surface area (Å²) in [5, 5.41) is 16.7. The molecule has 0 radical (unpaired) electrons. The molecule has 18 heavy (non-hydrogen) atoms. The van der Waals surface area contributed by atoms with E-state index in [0.717, 1.165) is 0 Å². The van der Waals surface area contributed by atoms with Crippen LogP contribution >= 0.6 is 23.2 Å². The Bertz CT molecular complexity index is 319. The molecule has 6 heteroatoms. The molecule has 4 nitrogen and oxygen atoms in total. The molecule has 2 unspecified atom stereocenters. The second kappa shape index (κ2) is 8.43. The van der Waals surface area contributed by atoms with Gasteiger partial charge < -0.3 is 19.7 Å². The van der Waals surface area contributed by atoms with Gasteiger partial charge in [0.15, 0.2) is 0 Å². The van der Waals surface area contributed by atoms with Crippen molar-refractivity contribution in [3.63, 3.8) is 0 Å². The maximum absolute atomic E-state index is 8.76. The number of rotatable bonds is 8. The van der Waals surface area contributed by atoms with Gasteiger partial charge in [-0.05, 0) is 12.1 Å². The second-order valence-electron chi connectivity index (χ2n) is 3.66. The number of alkyl halides is 2. The molecule has 0 aromatic heterocycles. The van der Waals surface area contributed by atoms with Crippen molar-refractivity contribution >= 4 is 23.2 Å². The van der Waals surface area contributed by atoms with Crippen molar-refractivity contribution in [2.45, 2.75) is 10.8 Å². The summed E-state index contributed by atoms with van der Waals surface area (Å²) in [5.74, 6) is 1.20. The molecule has 0 aliphatic carbocycles. The average molecular weight is 295 g/mol. The maximum Gasteiger partial charge on any atom is 0.123 e. The largest absolute Gasteiger partial charge is 0.492 e. The first-order chi connectivity index (χ1) is 8.65. The number of hydrogen-bond acceptors (Lipinski definition) is 4. The summed E-state index contributed by atoms with van der Waals surface area (Å²) in [6.07, 6.45) is 0. The highest BCUT2D eigenvalue weighted by molar-refractivity contribution is 6.21. The van der Waals surface area contributed by atoms with Gasteiger partial charge in [0.2, 0.25) is 0 Å². The fraction of sp³-hybridized carbons (Fsp3) is 0.500. The van der Waals surface area contributed by atoms with Crippen LogP contribution in [0, 0.1) is 0 Å². The Labute approximate surface area is 116 Å². The van der Waals surface area contributed by atoms with E-state index < -0.39 is 10.8 Å². The highest BCUT2D eigenvalue weighted by atomic mass is 35.5. The van der Waals surface area contributed by atoms with Crippen molar-refractivity contribution in [1.29, 1.82) is 0 Å². The summed E-state index contributed by atoms with van der Waals surface area (Å²) < 4.78 is 10.8. The molecule has 0 amide bonds. The van der Waals surface area contributed by atoms with E-state index in [9.17, 15) is 0 Å². The van der Waals surface area contributed by atoms with Crippen LogP contribution in [-0.4, -0.2) is 47.4 Å². The van der Waals surface area contributed by atoms with E-state index in [1.54, 1.807) is 24.3 Å². The van der Waals surface area contributed by atoms with Crippen molar-refractivity contribution < 1.29 is 19.7 Å². The third-order valence-electron chi connectivity index (χ3n) is 2.06. The van der Waals surface area contributed by atoms with E-state index >= 15 is 0 Å². The van der Waals surface area contributed by atoms with Gasteiger partial charge in [0.05, 0.1) is 24.0 Å². The lowest BCUT2D eigenvalue weighted by Crippen LogP contribution is -2.16. The first-order valence-electron chi connectivity index (χ1n) is 5.51. The van der Waals surface area contributed by atoms with Crippen LogP contribution in [0.25, 0.3) is 0 Å². The fourth-order valence-corrected chi connectivity index (χ4v) is 1.26. The number of aliphatic hydroxyl groups is 2. The van der Waals surface area contributed by atoms with Gasteiger partial charge in [0, 0.05) is 6.07 Å². The maximum atomic E-state index is 8.76. The lowest BCUT2D eigenvalue weighted by atomic mass is 10.3. The summed E-state index contributed by atoms with van der Waals surface area (Å²) in [7, 11) is 0. The van der Waals surface area contributed by atoms with Crippen LogP contribution < -0.4 is 9.47 Å². The molecule has 0 fully saturated rings. The normalized spacial score (nSPS) is 14.0. The van der Waals surface area contributed by atoms with Crippen LogP contribution in [0.1, 0.15) is 0 Å². The monoisotopic (exact) mass is 294 g/mol. The number of halogens is 2. The molecule has 0 aliphatic heterocycles. The summed E-state index contributed by atoms with van der Waals surface area (Å²) in [6.45, 7) is 0.164. The van der Waals surface area contributed by atoms with Gasteiger partial charge >= 0.3 is 0 Å². The quantitative estimate of drug-likeness (QED) is 0.716. The Morgan fingerprint density at radius 1 is 0.944 bits per heavy atom. The molecule has 2 atom stereocenters. The predicted octanol–water partition coefficient (Wildman–Crippen LogP) is 1.64. The topological polar surface area (TPSA) is 58.9 Å². The first kappa shape index (κ1) is 15.4. The van der Waals surface area contributed by atoms with Crippen LogP contribution in [0.15, 0.2) is 24.3 Å². The molecule has 0 aliphatic rings. The van der Waals surface area contributed by atoms with Crippen LogP contribution in [0.5, 0.6) is 11.5 Å². The van der Waals surface area contributed by atoms with Gasteiger partial charge in [0.1, 0.15) is 24.7 Å². The molecule has 1 aromatic carbocycles. The van der Waals surface area contributed by atoms with E-state index in [1.807, 2.05) is 0 Å². The van der Waals surface area contributed by atoms with Gasteiger partial charge in [-0.3, -0.25) is 0 Å². The zero-order chi connectivity index (χ0) is 13.4. The highest BCUT2D eigenvalue weighted by Gasteiger charge is 2.06. The second-order valence-corrected chi connectivity index (χ2v) is 4.89. The van der Waals surface area contributed by atoms with Crippen LogP contribution in [0.2, 0.25) is 0 Å². The summed E-state index contributed by atoms with van der Waals surface area (Å²) >= 11 is 11.4. The summed E-state index contributed by atoms with van der Waals surface area (Å²) in [4.78, 5) is 0. The number of ether oxygens (including phenoxy) is 2. The Kier molecular flexibility index (Phi) is 7.20. The van der Waals surface area contributed by atoms with Crippen molar-refractivity contribution in [2.24, 2.45) is 0 Å². The Hall–Kier alpha value is -0.680. The zero-order valence-corrected chi connectivity index (χ0v) is 11.3. The molecule has 0 saturated carbocycles. The highest BCUT2D eigenvalue weighted by Crippen LogP contribution is 2.20. The average Bonchev–Trinajstić information content (AvgIpc) is 2.42. The Morgan fingerprint density at radius 3 is 1.78 bits per heavy atom. The molecule has 2 N–H and O–H groups in total. The minimum atomic E-state index is -0.434. The molecule has 1 rings (SSSR count). The Morgan fingerprint density at radius 2 is 1.39 bits per heavy atom. The van der Waals surface area contributed by atoms with Gasteiger partial charge in [-0.1, -0.05) is 6.07 Å². The summed E-state index contributed by atoms with van der Waals surface area (Å²) in [5.41, 5.74) is 0. The third-order valence-corrected chi connectivity index (χ3v) is 2.59. The van der Waals surface area contributed by atoms with E-state index in [1.165, 1.54) is 0 Å². The fourth-order valence-electron chi connectivity index (χ4n) is 1.13. The number of benzene rings is 1. The molecule has 0 heterocycles. The molecular formula is C12H16Cl2O4. The van der Waals surface area contributed by atoms with Gasteiger partial charge in [-0.15, -0.1) is 23.2 Å².